The number of carboxylic acid groups (broad SMARTS) is 1. The number of aliphatic carboxylic acids is 1. The van der Waals surface area contributed by atoms with Crippen LogP contribution >= 0.6 is 0 Å². The monoisotopic (exact) mass is 244 g/mol. The lowest BCUT2D eigenvalue weighted by Crippen LogP contribution is -2.27. The van der Waals surface area contributed by atoms with E-state index < -0.39 is 11.9 Å². The van der Waals surface area contributed by atoms with E-state index in [-0.39, 0.29) is 24.3 Å². The van der Waals surface area contributed by atoms with Crippen LogP contribution in [0.3, 0.4) is 0 Å². The van der Waals surface area contributed by atoms with E-state index in [1.807, 2.05) is 6.92 Å². The minimum atomic E-state index is -0.830. The number of ether oxygens (including phenoxy) is 2. The summed E-state index contributed by atoms with van der Waals surface area (Å²) in [6.07, 6.45) is 1.80. The third-order valence-corrected chi connectivity index (χ3v) is 3.05. The van der Waals surface area contributed by atoms with Crippen molar-refractivity contribution in [1.29, 1.82) is 0 Å². The van der Waals surface area contributed by atoms with Crippen molar-refractivity contribution in [2.24, 2.45) is 5.92 Å². The molecule has 5 nitrogen and oxygen atoms in total. The van der Waals surface area contributed by atoms with Crippen LogP contribution in [0.15, 0.2) is 0 Å². The molecule has 0 aromatic carbocycles. The summed E-state index contributed by atoms with van der Waals surface area (Å²) >= 11 is 0. The minimum absolute atomic E-state index is 0.00356. The van der Waals surface area contributed by atoms with Gasteiger partial charge < -0.3 is 14.6 Å². The van der Waals surface area contributed by atoms with Gasteiger partial charge in [0.25, 0.3) is 0 Å². The van der Waals surface area contributed by atoms with E-state index in [9.17, 15) is 9.59 Å². The summed E-state index contributed by atoms with van der Waals surface area (Å²) in [5, 5.41) is 8.88. The van der Waals surface area contributed by atoms with E-state index in [0.29, 0.717) is 6.42 Å². The Morgan fingerprint density at radius 1 is 1.41 bits per heavy atom. The van der Waals surface area contributed by atoms with Gasteiger partial charge in [-0.25, -0.2) is 0 Å². The number of hydrogen-bond acceptors (Lipinski definition) is 4. The topological polar surface area (TPSA) is 72.8 Å². The molecule has 4 unspecified atom stereocenters. The highest BCUT2D eigenvalue weighted by Gasteiger charge is 2.33. The second kappa shape index (κ2) is 6.00. The standard InChI is InChI=1S/C12H20O5/c1-7(16-9(3)13)6-10-4-5-11(17-10)8(2)12(14)15/h7-8,10-11H,4-6H2,1-3H3,(H,14,15). The van der Waals surface area contributed by atoms with Crippen LogP contribution in [0.1, 0.15) is 40.0 Å². The Balaban J connectivity index is 2.35. The summed E-state index contributed by atoms with van der Waals surface area (Å²) < 4.78 is 10.7. The molecular weight excluding hydrogens is 224 g/mol. The number of carboxylic acids is 1. The highest BCUT2D eigenvalue weighted by Crippen LogP contribution is 2.28. The lowest BCUT2D eigenvalue weighted by atomic mass is 10.0. The number of carbonyl (C=O) groups excluding carboxylic acids is 1. The number of esters is 1. The fourth-order valence-corrected chi connectivity index (χ4v) is 2.14. The second-order valence-electron chi connectivity index (χ2n) is 4.66. The Bertz CT molecular complexity index is 289. The zero-order chi connectivity index (χ0) is 13.0. The van der Waals surface area contributed by atoms with Crippen molar-refractivity contribution >= 4 is 11.9 Å². The first-order valence-corrected chi connectivity index (χ1v) is 5.95. The number of rotatable bonds is 5. The van der Waals surface area contributed by atoms with Crippen molar-refractivity contribution in [1.82, 2.24) is 0 Å². The van der Waals surface area contributed by atoms with Crippen molar-refractivity contribution in [3.63, 3.8) is 0 Å². The van der Waals surface area contributed by atoms with Crippen molar-refractivity contribution in [3.8, 4) is 0 Å². The quantitative estimate of drug-likeness (QED) is 0.743. The molecule has 0 aliphatic carbocycles. The molecule has 0 spiro atoms. The van der Waals surface area contributed by atoms with E-state index in [1.165, 1.54) is 6.92 Å². The van der Waals surface area contributed by atoms with Gasteiger partial charge >= 0.3 is 11.9 Å². The molecule has 0 radical (unpaired) electrons. The van der Waals surface area contributed by atoms with Gasteiger partial charge in [0, 0.05) is 13.3 Å². The number of carbonyl (C=O) groups is 2. The first kappa shape index (κ1) is 14.0. The van der Waals surface area contributed by atoms with Crippen LogP contribution in [0.25, 0.3) is 0 Å². The van der Waals surface area contributed by atoms with Gasteiger partial charge in [0.15, 0.2) is 0 Å². The van der Waals surface area contributed by atoms with Crippen LogP contribution in [0, 0.1) is 5.92 Å². The van der Waals surface area contributed by atoms with Gasteiger partial charge in [-0.1, -0.05) is 0 Å². The van der Waals surface area contributed by atoms with Crippen molar-refractivity contribution in [2.45, 2.75) is 58.3 Å². The molecule has 17 heavy (non-hydrogen) atoms. The predicted octanol–water partition coefficient (Wildman–Crippen LogP) is 1.60. The summed E-state index contributed by atoms with van der Waals surface area (Å²) in [7, 11) is 0. The molecule has 98 valence electrons. The largest absolute Gasteiger partial charge is 0.481 e. The van der Waals surface area contributed by atoms with E-state index in [1.54, 1.807) is 6.92 Å². The lowest BCUT2D eigenvalue weighted by molar-refractivity contribution is -0.148. The van der Waals surface area contributed by atoms with Crippen molar-refractivity contribution < 1.29 is 24.2 Å². The maximum absolute atomic E-state index is 10.8. The zero-order valence-corrected chi connectivity index (χ0v) is 10.5. The molecule has 1 saturated heterocycles. The molecule has 1 aliphatic rings. The maximum Gasteiger partial charge on any atom is 0.308 e. The molecule has 0 amide bonds. The van der Waals surface area contributed by atoms with Crippen LogP contribution in [-0.2, 0) is 19.1 Å². The Hall–Kier alpha value is -1.10. The summed E-state index contributed by atoms with van der Waals surface area (Å²) in [5.74, 6) is -1.61. The molecule has 4 atom stereocenters. The van der Waals surface area contributed by atoms with Gasteiger partial charge in [0.1, 0.15) is 6.10 Å². The van der Waals surface area contributed by atoms with Gasteiger partial charge in [-0.3, -0.25) is 9.59 Å². The second-order valence-corrected chi connectivity index (χ2v) is 4.66. The summed E-state index contributed by atoms with van der Waals surface area (Å²) in [5.41, 5.74) is 0. The van der Waals surface area contributed by atoms with Gasteiger partial charge in [-0.15, -0.1) is 0 Å². The zero-order valence-electron chi connectivity index (χ0n) is 10.5. The van der Waals surface area contributed by atoms with E-state index in [2.05, 4.69) is 0 Å². The third-order valence-electron chi connectivity index (χ3n) is 3.05. The molecule has 1 aliphatic heterocycles. The SMILES string of the molecule is CC(=O)OC(C)CC1CCC(C(C)C(=O)O)O1. The summed E-state index contributed by atoms with van der Waals surface area (Å²) in [6.45, 7) is 4.85. The van der Waals surface area contributed by atoms with Crippen LogP contribution in [-0.4, -0.2) is 35.4 Å². The maximum atomic E-state index is 10.8. The third kappa shape index (κ3) is 4.34. The van der Waals surface area contributed by atoms with Gasteiger partial charge in [-0.2, -0.15) is 0 Å². The molecular formula is C12H20O5. The van der Waals surface area contributed by atoms with Gasteiger partial charge in [0.05, 0.1) is 18.1 Å². The lowest BCUT2D eigenvalue weighted by Gasteiger charge is -2.19. The average molecular weight is 244 g/mol. The highest BCUT2D eigenvalue weighted by molar-refractivity contribution is 5.70. The van der Waals surface area contributed by atoms with Gasteiger partial charge in [0.2, 0.25) is 0 Å². The van der Waals surface area contributed by atoms with Gasteiger partial charge in [-0.05, 0) is 26.7 Å². The molecule has 0 bridgehead atoms. The molecule has 0 aromatic heterocycles. The van der Waals surface area contributed by atoms with E-state index >= 15 is 0 Å². The minimum Gasteiger partial charge on any atom is -0.481 e. The van der Waals surface area contributed by atoms with Crippen LogP contribution < -0.4 is 0 Å². The molecule has 1 heterocycles. The smallest absolute Gasteiger partial charge is 0.308 e. The Kier molecular flexibility index (Phi) is 4.93. The molecule has 0 aromatic rings. The first-order valence-electron chi connectivity index (χ1n) is 5.95. The summed E-state index contributed by atoms with van der Waals surface area (Å²) in [6, 6.07) is 0. The van der Waals surface area contributed by atoms with Crippen molar-refractivity contribution in [2.75, 3.05) is 0 Å². The molecule has 5 heteroatoms. The predicted molar refractivity (Wildman–Crippen MR) is 60.5 cm³/mol. The van der Waals surface area contributed by atoms with E-state index in [4.69, 9.17) is 14.6 Å². The highest BCUT2D eigenvalue weighted by atomic mass is 16.5. The normalized spacial score (nSPS) is 27.5. The van der Waals surface area contributed by atoms with E-state index in [0.717, 1.165) is 12.8 Å². The first-order chi connectivity index (χ1) is 7.90. The molecule has 1 fully saturated rings. The fraction of sp³-hybridized carbons (Fsp3) is 0.833. The average Bonchev–Trinajstić information content (AvgIpc) is 2.63. The van der Waals surface area contributed by atoms with Crippen LogP contribution in [0.5, 0.6) is 0 Å². The molecule has 0 saturated carbocycles. The molecule has 1 rings (SSSR count). The Labute approximate surface area is 101 Å². The van der Waals surface area contributed by atoms with Crippen LogP contribution in [0.2, 0.25) is 0 Å². The van der Waals surface area contributed by atoms with Crippen molar-refractivity contribution in [3.05, 3.63) is 0 Å². The Morgan fingerprint density at radius 3 is 2.59 bits per heavy atom. The molecule has 1 N–H and O–H groups in total. The Morgan fingerprint density at radius 2 is 2.06 bits per heavy atom. The summed E-state index contributed by atoms with van der Waals surface area (Å²) in [4.78, 5) is 21.6. The number of hydrogen-bond donors (Lipinski definition) is 1. The van der Waals surface area contributed by atoms with Crippen LogP contribution in [0.4, 0.5) is 0 Å². The fourth-order valence-electron chi connectivity index (χ4n) is 2.14.